The highest BCUT2D eigenvalue weighted by Gasteiger charge is 2.17. The molecule has 0 saturated heterocycles. The van der Waals surface area contributed by atoms with Crippen molar-refractivity contribution in [3.05, 3.63) is 60.0 Å². The van der Waals surface area contributed by atoms with Crippen LogP contribution >= 0.6 is 0 Å². The molecule has 0 unspecified atom stereocenters. The minimum atomic E-state index is -0.551. The van der Waals surface area contributed by atoms with Crippen molar-refractivity contribution in [1.82, 2.24) is 19.6 Å². The van der Waals surface area contributed by atoms with E-state index in [9.17, 15) is 9.50 Å². The monoisotopic (exact) mass is 458 g/mol. The molecule has 2 heterocycles. The summed E-state index contributed by atoms with van der Waals surface area (Å²) in [4.78, 5) is 0. The van der Waals surface area contributed by atoms with E-state index in [1.807, 2.05) is 30.3 Å². The molecule has 1 saturated carbocycles. The number of halogens is 1. The Morgan fingerprint density at radius 3 is 2.74 bits per heavy atom. The van der Waals surface area contributed by atoms with Gasteiger partial charge in [0.1, 0.15) is 17.7 Å². The molecule has 0 bridgehead atoms. The number of fused-ring (bicyclic) bond motifs is 1. The van der Waals surface area contributed by atoms with Crippen molar-refractivity contribution in [3.8, 4) is 23.0 Å². The number of hydrogen-bond acceptors (Lipinski definition) is 5. The number of nitriles is 1. The number of aromatic nitrogens is 4. The van der Waals surface area contributed by atoms with Crippen LogP contribution in [-0.4, -0.2) is 37.8 Å². The predicted molar refractivity (Wildman–Crippen MR) is 129 cm³/mol. The average molecular weight is 459 g/mol. The number of benzene rings is 2. The number of rotatable bonds is 7. The summed E-state index contributed by atoms with van der Waals surface area (Å²) in [5.41, 5.74) is 3.14. The molecule has 0 spiro atoms. The van der Waals surface area contributed by atoms with E-state index in [4.69, 9.17) is 10.4 Å². The second-order valence-electron chi connectivity index (χ2n) is 8.85. The smallest absolute Gasteiger partial charge is 0.149 e. The maximum Gasteiger partial charge on any atom is 0.149 e. The fourth-order valence-electron chi connectivity index (χ4n) is 4.75. The first-order valence-corrected chi connectivity index (χ1v) is 11.8. The molecule has 2 N–H and O–H groups in total. The Labute approximate surface area is 197 Å². The third kappa shape index (κ3) is 4.39. The number of nitrogens with one attached hydrogen (secondary N) is 1. The Bertz CT molecular complexity index is 1350. The molecule has 7 nitrogen and oxygen atoms in total. The van der Waals surface area contributed by atoms with Crippen molar-refractivity contribution in [3.63, 3.8) is 0 Å². The van der Waals surface area contributed by atoms with Gasteiger partial charge in [0.2, 0.25) is 0 Å². The Hall–Kier alpha value is -3.70. The number of aliphatic hydroxyl groups is 1. The third-order valence-electron chi connectivity index (χ3n) is 6.57. The van der Waals surface area contributed by atoms with Crippen LogP contribution in [0.4, 0.5) is 10.2 Å². The van der Waals surface area contributed by atoms with Crippen LogP contribution in [0.15, 0.2) is 48.7 Å². The highest BCUT2D eigenvalue weighted by Crippen LogP contribution is 2.30. The summed E-state index contributed by atoms with van der Waals surface area (Å²) in [5.74, 6) is 0.829. The second kappa shape index (κ2) is 9.65. The summed E-state index contributed by atoms with van der Waals surface area (Å²) in [6.07, 6.45) is 8.10. The van der Waals surface area contributed by atoms with Crippen LogP contribution in [0.25, 0.3) is 27.8 Å². The molecule has 1 fully saturated rings. The van der Waals surface area contributed by atoms with Gasteiger partial charge in [0.05, 0.1) is 41.8 Å². The predicted octanol–water partition coefficient (Wildman–Crippen LogP) is 4.88. The normalized spacial score (nSPS) is 14.4. The number of aliphatic hydroxyl groups excluding tert-OH is 1. The molecule has 1 aliphatic rings. The van der Waals surface area contributed by atoms with Crippen LogP contribution < -0.4 is 5.32 Å². The first-order valence-electron chi connectivity index (χ1n) is 11.8. The van der Waals surface area contributed by atoms with E-state index >= 15 is 0 Å². The quantitative estimate of drug-likeness (QED) is 0.412. The highest BCUT2D eigenvalue weighted by molar-refractivity contribution is 5.81. The molecule has 4 aromatic rings. The van der Waals surface area contributed by atoms with Crippen LogP contribution in [-0.2, 0) is 6.54 Å². The van der Waals surface area contributed by atoms with E-state index in [0.29, 0.717) is 18.0 Å². The van der Waals surface area contributed by atoms with Gasteiger partial charge in [0.25, 0.3) is 0 Å². The fraction of sp³-hybridized carbons (Fsp3) is 0.346. The van der Waals surface area contributed by atoms with E-state index in [-0.39, 0.29) is 12.2 Å². The van der Waals surface area contributed by atoms with Gasteiger partial charge in [0, 0.05) is 23.6 Å². The van der Waals surface area contributed by atoms with E-state index in [1.54, 1.807) is 21.6 Å². The molecule has 8 heteroatoms. The minimum Gasteiger partial charge on any atom is -0.394 e. The van der Waals surface area contributed by atoms with Crippen LogP contribution in [0.5, 0.6) is 0 Å². The summed E-state index contributed by atoms with van der Waals surface area (Å²) in [7, 11) is 0. The Kier molecular flexibility index (Phi) is 6.28. The second-order valence-corrected chi connectivity index (χ2v) is 8.85. The Morgan fingerprint density at radius 2 is 1.97 bits per heavy atom. The van der Waals surface area contributed by atoms with Gasteiger partial charge in [-0.3, -0.25) is 4.68 Å². The van der Waals surface area contributed by atoms with Gasteiger partial charge in [-0.05, 0) is 49.1 Å². The number of nitrogens with zero attached hydrogens (tertiary/aromatic N) is 5. The van der Waals surface area contributed by atoms with Gasteiger partial charge in [0.15, 0.2) is 0 Å². The van der Waals surface area contributed by atoms with Crippen LogP contribution in [0.1, 0.15) is 37.7 Å². The molecule has 34 heavy (non-hydrogen) atoms. The van der Waals surface area contributed by atoms with Gasteiger partial charge >= 0.3 is 0 Å². The first-order chi connectivity index (χ1) is 16.7. The van der Waals surface area contributed by atoms with Gasteiger partial charge in [-0.25, -0.2) is 9.07 Å². The van der Waals surface area contributed by atoms with Crippen molar-refractivity contribution in [2.24, 2.45) is 5.92 Å². The maximum atomic E-state index is 14.5. The molecule has 1 aliphatic carbocycles. The maximum absolute atomic E-state index is 14.5. The van der Waals surface area contributed by atoms with Crippen molar-refractivity contribution in [1.29, 1.82) is 5.26 Å². The molecule has 0 radical (unpaired) electrons. The molecule has 0 amide bonds. The van der Waals surface area contributed by atoms with Gasteiger partial charge < -0.3 is 10.4 Å². The minimum absolute atomic E-state index is 0.0160. The fourth-order valence-corrected chi connectivity index (χ4v) is 4.75. The Balaban J connectivity index is 1.52. The highest BCUT2D eigenvalue weighted by atomic mass is 19.1. The molecular weight excluding hydrogens is 431 g/mol. The standard InChI is InChI=1S/C26H27FN6O/c27-23-13-19(6-7-20(23)15-28)25-14-26(29-16-18-4-2-1-3-5-18)31-33(25)22-8-9-24-21(12-22)17-30-32(24)10-11-34/h6-9,12-14,17-18,34H,1-5,10-11,16H2,(H,29,31). The zero-order valence-corrected chi connectivity index (χ0v) is 18.9. The van der Waals surface area contributed by atoms with Crippen molar-refractivity contribution < 1.29 is 9.50 Å². The van der Waals surface area contributed by atoms with Crippen LogP contribution in [0, 0.1) is 23.1 Å². The summed E-state index contributed by atoms with van der Waals surface area (Å²) < 4.78 is 18.0. The summed E-state index contributed by atoms with van der Waals surface area (Å²) in [5, 5.41) is 32.0. The van der Waals surface area contributed by atoms with Crippen LogP contribution in [0.2, 0.25) is 0 Å². The molecule has 174 valence electrons. The lowest BCUT2D eigenvalue weighted by Crippen LogP contribution is -2.17. The zero-order chi connectivity index (χ0) is 23.5. The largest absolute Gasteiger partial charge is 0.394 e. The SMILES string of the molecule is N#Cc1ccc(-c2cc(NCC3CCCCC3)nn2-c2ccc3c(cnn3CCO)c2)cc1F. The number of hydrogen-bond donors (Lipinski definition) is 2. The van der Waals surface area contributed by atoms with Gasteiger partial charge in [-0.1, -0.05) is 25.3 Å². The van der Waals surface area contributed by atoms with Crippen molar-refractivity contribution in [2.75, 3.05) is 18.5 Å². The molecule has 2 aromatic carbocycles. The van der Waals surface area contributed by atoms with E-state index in [0.717, 1.165) is 34.6 Å². The lowest BCUT2D eigenvalue weighted by molar-refractivity contribution is 0.271. The van der Waals surface area contributed by atoms with Crippen molar-refractivity contribution in [2.45, 2.75) is 38.6 Å². The molecule has 5 rings (SSSR count). The zero-order valence-electron chi connectivity index (χ0n) is 18.9. The molecular formula is C26H27FN6O. The van der Waals surface area contributed by atoms with Crippen LogP contribution in [0.3, 0.4) is 0 Å². The topological polar surface area (TPSA) is 91.7 Å². The lowest BCUT2D eigenvalue weighted by Gasteiger charge is -2.21. The van der Waals surface area contributed by atoms with Gasteiger partial charge in [-0.2, -0.15) is 10.4 Å². The summed E-state index contributed by atoms with van der Waals surface area (Å²) in [6, 6.07) is 14.3. The average Bonchev–Trinajstić information content (AvgIpc) is 3.48. The van der Waals surface area contributed by atoms with E-state index in [2.05, 4.69) is 10.4 Å². The molecule has 2 aromatic heterocycles. The van der Waals surface area contributed by atoms with E-state index in [1.165, 1.54) is 44.2 Å². The number of anilines is 1. The third-order valence-corrected chi connectivity index (χ3v) is 6.57. The Morgan fingerprint density at radius 1 is 1.12 bits per heavy atom. The lowest BCUT2D eigenvalue weighted by atomic mass is 9.89. The van der Waals surface area contributed by atoms with Crippen molar-refractivity contribution >= 4 is 16.7 Å². The molecule has 0 aliphatic heterocycles. The van der Waals surface area contributed by atoms with Gasteiger partial charge in [-0.15, -0.1) is 5.10 Å². The van der Waals surface area contributed by atoms with E-state index < -0.39 is 5.82 Å². The summed E-state index contributed by atoms with van der Waals surface area (Å²) in [6.45, 7) is 1.31. The summed E-state index contributed by atoms with van der Waals surface area (Å²) >= 11 is 0. The molecule has 0 atom stereocenters. The first kappa shape index (κ1) is 22.1.